The SMILES string of the molecule is C=CC(=O)OCOc1ccc(C(=O)Oc2ccc(OC(=O)c3ccc(OCOC(O)C=C)cc3)c(C(=O)OCOC(=O)c3cc(OC(=O)c4ccc(OCOC(=O)C=C)cc4)ccc3OC(=O)c3ccc(OCOC(O)C=C)cc3)c2)cc1. The van der Waals surface area contributed by atoms with E-state index in [4.69, 9.17) is 66.3 Å². The highest BCUT2D eigenvalue weighted by atomic mass is 16.7. The molecule has 6 rings (SSSR count). The highest BCUT2D eigenvalue weighted by Gasteiger charge is 2.24. The van der Waals surface area contributed by atoms with Gasteiger partial charge in [-0.1, -0.05) is 26.3 Å². The number of ether oxygens (including phenoxy) is 14. The third kappa shape index (κ3) is 19.2. The molecule has 24 heteroatoms. The van der Waals surface area contributed by atoms with Crippen molar-refractivity contribution in [1.29, 1.82) is 0 Å². The highest BCUT2D eigenvalue weighted by molar-refractivity contribution is 5.99. The molecule has 2 atom stereocenters. The van der Waals surface area contributed by atoms with Crippen LogP contribution < -0.4 is 37.9 Å². The lowest BCUT2D eigenvalue weighted by molar-refractivity contribution is -0.145. The molecule has 0 amide bonds. The van der Waals surface area contributed by atoms with Crippen molar-refractivity contribution in [3.8, 4) is 46.0 Å². The number of hydrogen-bond acceptors (Lipinski definition) is 24. The Morgan fingerprint density at radius 3 is 0.940 bits per heavy atom. The van der Waals surface area contributed by atoms with E-state index in [1.807, 2.05) is 0 Å². The Morgan fingerprint density at radius 2 is 0.639 bits per heavy atom. The minimum Gasteiger partial charge on any atom is -0.467 e. The molecule has 0 bridgehead atoms. The number of carbonyl (C=O) groups is 8. The molecular formula is C59H48O24. The second-order valence-corrected chi connectivity index (χ2v) is 15.9. The molecule has 0 aromatic heterocycles. The molecule has 428 valence electrons. The number of hydrogen-bond donors (Lipinski definition) is 2. The predicted molar refractivity (Wildman–Crippen MR) is 283 cm³/mol. The zero-order chi connectivity index (χ0) is 59.7. The summed E-state index contributed by atoms with van der Waals surface area (Å²) in [5, 5.41) is 19.0. The molecule has 2 N–H and O–H groups in total. The van der Waals surface area contributed by atoms with E-state index in [9.17, 15) is 48.6 Å². The largest absolute Gasteiger partial charge is 0.467 e. The van der Waals surface area contributed by atoms with Gasteiger partial charge in [0.05, 0.1) is 22.3 Å². The van der Waals surface area contributed by atoms with Crippen LogP contribution in [0.2, 0.25) is 0 Å². The van der Waals surface area contributed by atoms with Gasteiger partial charge >= 0.3 is 47.8 Å². The molecule has 0 aliphatic carbocycles. The second kappa shape index (κ2) is 31.0. The van der Waals surface area contributed by atoms with Crippen LogP contribution >= 0.6 is 0 Å². The molecule has 0 heterocycles. The fourth-order valence-electron chi connectivity index (χ4n) is 6.24. The molecule has 0 spiro atoms. The van der Waals surface area contributed by atoms with Gasteiger partial charge < -0.3 is 76.5 Å². The van der Waals surface area contributed by atoms with Gasteiger partial charge in [-0.25, -0.2) is 38.4 Å². The summed E-state index contributed by atoms with van der Waals surface area (Å²) in [6, 6.07) is 28.4. The van der Waals surface area contributed by atoms with Crippen LogP contribution in [0.3, 0.4) is 0 Å². The van der Waals surface area contributed by atoms with Crippen LogP contribution in [0.5, 0.6) is 46.0 Å². The van der Waals surface area contributed by atoms with Gasteiger partial charge in [-0.15, -0.1) is 0 Å². The minimum atomic E-state index is -1.29. The average molecular weight is 1140 g/mol. The van der Waals surface area contributed by atoms with E-state index < -0.39 is 103 Å². The summed E-state index contributed by atoms with van der Waals surface area (Å²) in [6.45, 7) is 10.6. The van der Waals surface area contributed by atoms with Crippen LogP contribution in [0, 0.1) is 0 Å². The maximum absolute atomic E-state index is 13.9. The van der Waals surface area contributed by atoms with Crippen molar-refractivity contribution in [2.75, 3.05) is 34.0 Å². The molecule has 0 fully saturated rings. The Bertz CT molecular complexity index is 3090. The first kappa shape index (κ1) is 61.3. The van der Waals surface area contributed by atoms with Gasteiger partial charge in [0.2, 0.25) is 20.4 Å². The molecule has 2 unspecified atom stereocenters. The summed E-state index contributed by atoms with van der Waals surface area (Å²) in [7, 11) is 0. The third-order valence-corrected chi connectivity index (χ3v) is 10.4. The van der Waals surface area contributed by atoms with Crippen LogP contribution in [0.15, 0.2) is 184 Å². The molecule has 0 saturated carbocycles. The first-order valence-electron chi connectivity index (χ1n) is 23.9. The van der Waals surface area contributed by atoms with Gasteiger partial charge in [0.1, 0.15) is 57.1 Å². The van der Waals surface area contributed by atoms with E-state index in [1.165, 1.54) is 109 Å². The summed E-state index contributed by atoms with van der Waals surface area (Å²) >= 11 is 0. The molecule has 6 aromatic carbocycles. The summed E-state index contributed by atoms with van der Waals surface area (Å²) in [5.41, 5.74) is -1.09. The standard InChI is InChI=1S/C59H48O24/c1-5-50(60)74-31-70-40-17-9-36(10-18-40)54(64)80-44-25-27-48(82-56(66)38-13-21-42(22-14-38)72-33-76-52(62)7-3)46(29-44)58(68)78-35-79-59(69)47-30-45(81-55(65)37-11-19-41(20-12-37)71-32-75-51(61)6-2)26-28-49(47)83-57(67)39-15-23-43(24-16-39)73-34-77-53(63)8-4/h5-30,52-53,62-63H,1-4,31-35H2. The lowest BCUT2D eigenvalue weighted by Gasteiger charge is -2.14. The van der Waals surface area contributed by atoms with E-state index in [2.05, 4.69) is 26.3 Å². The van der Waals surface area contributed by atoms with Crippen molar-refractivity contribution in [3.63, 3.8) is 0 Å². The Kier molecular flexibility index (Phi) is 22.9. The van der Waals surface area contributed by atoms with Crippen LogP contribution in [-0.2, 0) is 38.0 Å². The van der Waals surface area contributed by atoms with Crippen molar-refractivity contribution >= 4 is 47.8 Å². The van der Waals surface area contributed by atoms with Gasteiger partial charge in [0.15, 0.2) is 26.2 Å². The molecule has 83 heavy (non-hydrogen) atoms. The topological polar surface area (TPSA) is 306 Å². The quantitative estimate of drug-likeness (QED) is 0.0111. The Morgan fingerprint density at radius 1 is 0.349 bits per heavy atom. The second-order valence-electron chi connectivity index (χ2n) is 15.9. The summed E-state index contributed by atoms with van der Waals surface area (Å²) in [4.78, 5) is 104. The number of aliphatic hydroxyl groups excluding tert-OH is 2. The van der Waals surface area contributed by atoms with Gasteiger partial charge in [-0.05, 0) is 146 Å². The average Bonchev–Trinajstić information content (AvgIpc) is 3.62. The monoisotopic (exact) mass is 1140 g/mol. The van der Waals surface area contributed by atoms with Gasteiger partial charge in [0.25, 0.3) is 0 Å². The molecular weight excluding hydrogens is 1090 g/mol. The Labute approximate surface area is 471 Å². The molecule has 0 aliphatic heterocycles. The van der Waals surface area contributed by atoms with Crippen LogP contribution in [0.25, 0.3) is 0 Å². The molecule has 0 aliphatic rings. The van der Waals surface area contributed by atoms with E-state index in [0.29, 0.717) is 0 Å². The lowest BCUT2D eigenvalue weighted by Crippen LogP contribution is -2.18. The fraction of sp³-hybridized carbons (Fsp3) is 0.119. The van der Waals surface area contributed by atoms with E-state index in [-0.39, 0.29) is 70.3 Å². The van der Waals surface area contributed by atoms with Gasteiger partial charge in [0, 0.05) is 12.2 Å². The first-order chi connectivity index (χ1) is 40.0. The zero-order valence-electron chi connectivity index (χ0n) is 43.4. The number of rotatable bonds is 30. The summed E-state index contributed by atoms with van der Waals surface area (Å²) in [5.74, 6) is -8.25. The Balaban J connectivity index is 1.20. The van der Waals surface area contributed by atoms with Crippen molar-refractivity contribution in [2.45, 2.75) is 12.6 Å². The van der Waals surface area contributed by atoms with Crippen molar-refractivity contribution in [2.24, 2.45) is 0 Å². The van der Waals surface area contributed by atoms with Crippen LogP contribution in [-0.4, -0.2) is 105 Å². The van der Waals surface area contributed by atoms with E-state index in [1.54, 1.807) is 0 Å². The normalized spacial score (nSPS) is 11.1. The fourth-order valence-corrected chi connectivity index (χ4v) is 6.24. The molecule has 0 saturated heterocycles. The third-order valence-electron chi connectivity index (χ3n) is 10.4. The maximum atomic E-state index is 13.9. The van der Waals surface area contributed by atoms with Crippen LogP contribution in [0.1, 0.15) is 62.1 Å². The van der Waals surface area contributed by atoms with Crippen molar-refractivity contribution in [3.05, 3.63) is 217 Å². The van der Waals surface area contributed by atoms with Crippen molar-refractivity contribution in [1.82, 2.24) is 0 Å². The number of esters is 8. The summed E-state index contributed by atoms with van der Waals surface area (Å²) in [6.07, 6.45) is 1.61. The minimum absolute atomic E-state index is 0.00804. The zero-order valence-corrected chi connectivity index (χ0v) is 43.4. The smallest absolute Gasteiger partial charge is 0.344 e. The van der Waals surface area contributed by atoms with Gasteiger partial charge in [-0.2, -0.15) is 0 Å². The highest BCUT2D eigenvalue weighted by Crippen LogP contribution is 2.30. The van der Waals surface area contributed by atoms with Crippen molar-refractivity contribution < 1.29 is 115 Å². The van der Waals surface area contributed by atoms with Gasteiger partial charge in [-0.3, -0.25) is 0 Å². The molecule has 24 nitrogen and oxygen atoms in total. The predicted octanol–water partition coefficient (Wildman–Crippen LogP) is 7.38. The lowest BCUT2D eigenvalue weighted by atomic mass is 10.1. The number of benzene rings is 6. The maximum Gasteiger partial charge on any atom is 0.344 e. The molecule has 6 aromatic rings. The van der Waals surface area contributed by atoms with E-state index >= 15 is 0 Å². The van der Waals surface area contributed by atoms with Crippen LogP contribution in [0.4, 0.5) is 0 Å². The summed E-state index contributed by atoms with van der Waals surface area (Å²) < 4.78 is 73.7. The number of aliphatic hydroxyl groups is 2. The number of carbonyl (C=O) groups excluding carboxylic acids is 8. The van der Waals surface area contributed by atoms with E-state index in [0.717, 1.165) is 48.6 Å². The Hall–Kier alpha value is -10.9. The molecule has 0 radical (unpaired) electrons. The first-order valence-corrected chi connectivity index (χ1v) is 23.9.